The Morgan fingerprint density at radius 3 is 2.14 bits per heavy atom. The van der Waals surface area contributed by atoms with Crippen molar-refractivity contribution in [1.82, 2.24) is 5.32 Å². The Bertz CT molecular complexity index is 600. The summed E-state index contributed by atoms with van der Waals surface area (Å²) in [5, 5.41) is 3.53. The Balaban J connectivity index is 2.52. The van der Waals surface area contributed by atoms with Gasteiger partial charge < -0.3 is 5.32 Å². The lowest BCUT2D eigenvalue weighted by Crippen LogP contribution is -2.14. The molecule has 0 atom stereocenters. The standard InChI is InChI=1S/C20H27N/c1-6-11-21-13-18-9-7-8-10-19(18)20-16(4)14(2)12-15(3)17(20)5/h7-10,12,21H,6,11,13H2,1-5H3. The van der Waals surface area contributed by atoms with Crippen LogP contribution in [0.2, 0.25) is 0 Å². The smallest absolute Gasteiger partial charge is 0.0211 e. The van der Waals surface area contributed by atoms with E-state index < -0.39 is 0 Å². The first-order valence-corrected chi connectivity index (χ1v) is 7.92. The normalized spacial score (nSPS) is 10.9. The van der Waals surface area contributed by atoms with Crippen LogP contribution in [-0.2, 0) is 6.54 Å². The quantitative estimate of drug-likeness (QED) is 0.753. The Labute approximate surface area is 129 Å². The summed E-state index contributed by atoms with van der Waals surface area (Å²) in [6.45, 7) is 13.1. The zero-order valence-electron chi connectivity index (χ0n) is 14.0. The number of hydrogen-bond acceptors (Lipinski definition) is 1. The molecule has 2 rings (SSSR count). The topological polar surface area (TPSA) is 12.0 Å². The molecule has 1 nitrogen and oxygen atoms in total. The molecule has 21 heavy (non-hydrogen) atoms. The van der Waals surface area contributed by atoms with Crippen LogP contribution in [0.3, 0.4) is 0 Å². The van der Waals surface area contributed by atoms with Gasteiger partial charge in [-0.1, -0.05) is 37.3 Å². The molecule has 2 aromatic carbocycles. The number of nitrogens with one attached hydrogen (secondary N) is 1. The molecule has 0 fully saturated rings. The van der Waals surface area contributed by atoms with Gasteiger partial charge in [-0.05, 0) is 79.6 Å². The molecule has 0 aliphatic rings. The monoisotopic (exact) mass is 281 g/mol. The summed E-state index contributed by atoms with van der Waals surface area (Å²) in [4.78, 5) is 0. The molecule has 0 spiro atoms. The first-order chi connectivity index (χ1) is 10.1. The summed E-state index contributed by atoms with van der Waals surface area (Å²) in [7, 11) is 0. The van der Waals surface area contributed by atoms with Crippen molar-refractivity contribution >= 4 is 0 Å². The lowest BCUT2D eigenvalue weighted by Gasteiger charge is -2.18. The van der Waals surface area contributed by atoms with E-state index in [1.54, 1.807) is 0 Å². The minimum atomic E-state index is 0.940. The van der Waals surface area contributed by atoms with Crippen molar-refractivity contribution in [2.75, 3.05) is 6.54 Å². The van der Waals surface area contributed by atoms with Gasteiger partial charge in [0.15, 0.2) is 0 Å². The first kappa shape index (κ1) is 15.8. The number of rotatable bonds is 5. The molecular formula is C20H27N. The van der Waals surface area contributed by atoms with Crippen molar-refractivity contribution in [1.29, 1.82) is 0 Å². The maximum absolute atomic E-state index is 3.53. The fourth-order valence-electron chi connectivity index (χ4n) is 2.94. The van der Waals surface area contributed by atoms with Gasteiger partial charge in [0.2, 0.25) is 0 Å². The molecule has 0 aromatic heterocycles. The fraction of sp³-hybridized carbons (Fsp3) is 0.400. The van der Waals surface area contributed by atoms with Crippen LogP contribution in [0.1, 0.15) is 41.2 Å². The van der Waals surface area contributed by atoms with Crippen molar-refractivity contribution in [3.05, 3.63) is 58.1 Å². The summed E-state index contributed by atoms with van der Waals surface area (Å²) >= 11 is 0. The zero-order chi connectivity index (χ0) is 15.4. The molecule has 1 heteroatoms. The van der Waals surface area contributed by atoms with Crippen LogP contribution in [0, 0.1) is 27.7 Å². The van der Waals surface area contributed by atoms with Crippen LogP contribution in [0.4, 0.5) is 0 Å². The van der Waals surface area contributed by atoms with Crippen LogP contribution in [0.15, 0.2) is 30.3 Å². The second-order valence-corrected chi connectivity index (χ2v) is 5.97. The highest BCUT2D eigenvalue weighted by molar-refractivity contribution is 5.76. The second kappa shape index (κ2) is 6.91. The predicted molar refractivity (Wildman–Crippen MR) is 92.8 cm³/mol. The number of benzene rings is 2. The van der Waals surface area contributed by atoms with E-state index in [0.717, 1.165) is 13.1 Å². The lowest BCUT2D eigenvalue weighted by atomic mass is 9.87. The molecule has 112 valence electrons. The predicted octanol–water partition coefficient (Wildman–Crippen LogP) is 5.09. The van der Waals surface area contributed by atoms with Crippen LogP contribution in [-0.4, -0.2) is 6.54 Å². The van der Waals surface area contributed by atoms with E-state index in [4.69, 9.17) is 0 Å². The Morgan fingerprint density at radius 1 is 0.905 bits per heavy atom. The first-order valence-electron chi connectivity index (χ1n) is 7.92. The van der Waals surface area contributed by atoms with Crippen LogP contribution < -0.4 is 5.32 Å². The third-order valence-electron chi connectivity index (χ3n) is 4.39. The van der Waals surface area contributed by atoms with Crippen LogP contribution in [0.25, 0.3) is 11.1 Å². The van der Waals surface area contributed by atoms with E-state index in [1.165, 1.54) is 45.4 Å². The van der Waals surface area contributed by atoms with Crippen molar-refractivity contribution < 1.29 is 0 Å². The third-order valence-corrected chi connectivity index (χ3v) is 4.39. The molecule has 0 saturated heterocycles. The highest BCUT2D eigenvalue weighted by Crippen LogP contribution is 2.33. The molecule has 0 saturated carbocycles. The van der Waals surface area contributed by atoms with Gasteiger partial charge in [0.05, 0.1) is 0 Å². The molecule has 0 amide bonds. The Hall–Kier alpha value is -1.60. The summed E-state index contributed by atoms with van der Waals surface area (Å²) in [6.07, 6.45) is 1.17. The van der Waals surface area contributed by atoms with E-state index in [9.17, 15) is 0 Å². The number of aryl methyl sites for hydroxylation is 2. The average Bonchev–Trinajstić information content (AvgIpc) is 2.47. The van der Waals surface area contributed by atoms with E-state index in [2.05, 4.69) is 70.3 Å². The molecule has 0 heterocycles. The summed E-state index contributed by atoms with van der Waals surface area (Å²) in [5.41, 5.74) is 9.75. The van der Waals surface area contributed by atoms with Crippen molar-refractivity contribution in [2.45, 2.75) is 47.6 Å². The molecule has 2 aromatic rings. The maximum atomic E-state index is 3.53. The van der Waals surface area contributed by atoms with Gasteiger partial charge in [-0.2, -0.15) is 0 Å². The Morgan fingerprint density at radius 2 is 1.52 bits per heavy atom. The Kier molecular flexibility index (Phi) is 5.19. The van der Waals surface area contributed by atoms with Gasteiger partial charge in [0.25, 0.3) is 0 Å². The van der Waals surface area contributed by atoms with Gasteiger partial charge in [-0.3, -0.25) is 0 Å². The average molecular weight is 281 g/mol. The lowest BCUT2D eigenvalue weighted by molar-refractivity contribution is 0.676. The van der Waals surface area contributed by atoms with E-state index in [1.807, 2.05) is 0 Å². The summed E-state index contributed by atoms with van der Waals surface area (Å²) in [6, 6.07) is 11.1. The van der Waals surface area contributed by atoms with Crippen molar-refractivity contribution in [3.8, 4) is 11.1 Å². The van der Waals surface area contributed by atoms with Gasteiger partial charge >= 0.3 is 0 Å². The van der Waals surface area contributed by atoms with E-state index >= 15 is 0 Å². The summed E-state index contributed by atoms with van der Waals surface area (Å²) in [5.74, 6) is 0. The van der Waals surface area contributed by atoms with Crippen molar-refractivity contribution in [2.24, 2.45) is 0 Å². The highest BCUT2D eigenvalue weighted by atomic mass is 14.8. The van der Waals surface area contributed by atoms with Gasteiger partial charge in [0, 0.05) is 6.54 Å². The maximum Gasteiger partial charge on any atom is 0.0211 e. The largest absolute Gasteiger partial charge is 0.313 e. The fourth-order valence-corrected chi connectivity index (χ4v) is 2.94. The number of hydrogen-bond donors (Lipinski definition) is 1. The molecule has 0 bridgehead atoms. The highest BCUT2D eigenvalue weighted by Gasteiger charge is 2.13. The summed E-state index contributed by atoms with van der Waals surface area (Å²) < 4.78 is 0. The van der Waals surface area contributed by atoms with Crippen molar-refractivity contribution in [3.63, 3.8) is 0 Å². The minimum Gasteiger partial charge on any atom is -0.313 e. The minimum absolute atomic E-state index is 0.940. The van der Waals surface area contributed by atoms with Crippen LogP contribution >= 0.6 is 0 Å². The third kappa shape index (κ3) is 3.36. The molecule has 0 aliphatic carbocycles. The molecule has 0 aliphatic heterocycles. The zero-order valence-corrected chi connectivity index (χ0v) is 14.0. The van der Waals surface area contributed by atoms with E-state index in [0.29, 0.717) is 0 Å². The second-order valence-electron chi connectivity index (χ2n) is 5.97. The van der Waals surface area contributed by atoms with Crippen LogP contribution in [0.5, 0.6) is 0 Å². The molecular weight excluding hydrogens is 254 g/mol. The van der Waals surface area contributed by atoms with Gasteiger partial charge in [0.1, 0.15) is 0 Å². The molecule has 0 unspecified atom stereocenters. The molecule has 1 N–H and O–H groups in total. The van der Waals surface area contributed by atoms with E-state index in [-0.39, 0.29) is 0 Å². The molecule has 0 radical (unpaired) electrons. The van der Waals surface area contributed by atoms with Gasteiger partial charge in [-0.15, -0.1) is 0 Å². The SMILES string of the molecule is CCCNCc1ccccc1-c1c(C)c(C)cc(C)c1C. The van der Waals surface area contributed by atoms with Gasteiger partial charge in [-0.25, -0.2) is 0 Å².